The summed E-state index contributed by atoms with van der Waals surface area (Å²) in [7, 11) is -3.51. The first-order valence-electron chi connectivity index (χ1n) is 8.72. The third kappa shape index (κ3) is 5.18. The van der Waals surface area contributed by atoms with Gasteiger partial charge < -0.3 is 0 Å². The van der Waals surface area contributed by atoms with E-state index in [-0.39, 0.29) is 0 Å². The summed E-state index contributed by atoms with van der Waals surface area (Å²) in [6, 6.07) is 10.7. The molecule has 0 aliphatic rings. The van der Waals surface area contributed by atoms with Crippen LogP contribution in [0.3, 0.4) is 0 Å². The molecule has 2 aromatic carbocycles. The molecule has 0 spiro atoms. The standard InChI is InChI=1S/C20H24Br2O2S/c1-3-5-7-15-13-17(9-11-19(15)21)25(23,24)18-10-12-20(22)16(14-18)8-6-4-2/h9-14H,3-8H2,1-2H3. The number of unbranched alkanes of at least 4 members (excludes halogenated alkanes) is 2. The highest BCUT2D eigenvalue weighted by molar-refractivity contribution is 9.10. The summed E-state index contributed by atoms with van der Waals surface area (Å²) in [6.07, 6.45) is 6.00. The molecule has 25 heavy (non-hydrogen) atoms. The van der Waals surface area contributed by atoms with Crippen molar-refractivity contribution < 1.29 is 8.42 Å². The smallest absolute Gasteiger partial charge is 0.206 e. The van der Waals surface area contributed by atoms with Crippen LogP contribution in [-0.4, -0.2) is 8.42 Å². The van der Waals surface area contributed by atoms with Crippen LogP contribution in [0.25, 0.3) is 0 Å². The third-order valence-electron chi connectivity index (χ3n) is 4.25. The van der Waals surface area contributed by atoms with Crippen LogP contribution in [0.4, 0.5) is 0 Å². The van der Waals surface area contributed by atoms with Crippen molar-refractivity contribution in [2.45, 2.75) is 62.2 Å². The lowest BCUT2D eigenvalue weighted by Crippen LogP contribution is -2.04. The second-order valence-corrected chi connectivity index (χ2v) is 9.88. The van der Waals surface area contributed by atoms with Crippen molar-refractivity contribution in [1.82, 2.24) is 0 Å². The SMILES string of the molecule is CCCCc1cc(S(=O)(=O)c2ccc(Br)c(CCCC)c2)ccc1Br. The van der Waals surface area contributed by atoms with Gasteiger partial charge in [0, 0.05) is 8.95 Å². The van der Waals surface area contributed by atoms with E-state index < -0.39 is 9.84 Å². The van der Waals surface area contributed by atoms with E-state index in [9.17, 15) is 8.42 Å². The van der Waals surface area contributed by atoms with Crippen LogP contribution in [0.5, 0.6) is 0 Å². The van der Waals surface area contributed by atoms with Crippen molar-refractivity contribution in [1.29, 1.82) is 0 Å². The van der Waals surface area contributed by atoms with Crippen molar-refractivity contribution in [3.8, 4) is 0 Å². The molecule has 0 fully saturated rings. The molecule has 0 atom stereocenters. The minimum Gasteiger partial charge on any atom is -0.219 e. The fraction of sp³-hybridized carbons (Fsp3) is 0.400. The summed E-state index contributed by atoms with van der Waals surface area (Å²) in [5, 5.41) is 0. The fourth-order valence-electron chi connectivity index (χ4n) is 2.69. The Hall–Kier alpha value is -0.650. The number of rotatable bonds is 8. The summed E-state index contributed by atoms with van der Waals surface area (Å²) in [4.78, 5) is 0.733. The van der Waals surface area contributed by atoms with E-state index in [1.165, 1.54) is 0 Å². The molecule has 2 rings (SSSR count). The largest absolute Gasteiger partial charge is 0.219 e. The summed E-state index contributed by atoms with van der Waals surface area (Å²) in [5.41, 5.74) is 2.09. The summed E-state index contributed by atoms with van der Waals surface area (Å²) >= 11 is 7.06. The number of hydrogen-bond donors (Lipinski definition) is 0. The van der Waals surface area contributed by atoms with E-state index in [4.69, 9.17) is 0 Å². The second-order valence-electron chi connectivity index (χ2n) is 6.22. The maximum Gasteiger partial charge on any atom is 0.206 e. The molecule has 0 aromatic heterocycles. The summed E-state index contributed by atoms with van der Waals surface area (Å²) in [6.45, 7) is 4.27. The van der Waals surface area contributed by atoms with Crippen molar-refractivity contribution in [3.63, 3.8) is 0 Å². The fourth-order valence-corrected chi connectivity index (χ4v) is 4.94. The van der Waals surface area contributed by atoms with Gasteiger partial charge in [0.25, 0.3) is 0 Å². The van der Waals surface area contributed by atoms with Crippen LogP contribution in [-0.2, 0) is 22.7 Å². The number of benzene rings is 2. The molecule has 0 unspecified atom stereocenters. The molecular formula is C20H24Br2O2S. The Morgan fingerprint density at radius 2 is 1.16 bits per heavy atom. The predicted octanol–water partition coefficient (Wildman–Crippen LogP) is 6.73. The van der Waals surface area contributed by atoms with E-state index in [0.29, 0.717) is 9.79 Å². The minimum atomic E-state index is -3.51. The van der Waals surface area contributed by atoms with Gasteiger partial charge in [-0.05, 0) is 73.2 Å². The van der Waals surface area contributed by atoms with Crippen LogP contribution >= 0.6 is 31.9 Å². The highest BCUT2D eigenvalue weighted by Gasteiger charge is 2.20. The third-order valence-corrected chi connectivity index (χ3v) is 7.55. The Labute approximate surface area is 168 Å². The summed E-state index contributed by atoms with van der Waals surface area (Å²) < 4.78 is 28.1. The van der Waals surface area contributed by atoms with E-state index in [1.807, 2.05) is 24.3 Å². The van der Waals surface area contributed by atoms with Gasteiger partial charge in [0.1, 0.15) is 0 Å². The molecule has 0 radical (unpaired) electrons. The Kier molecular flexibility index (Phi) is 7.71. The average molecular weight is 488 g/mol. The van der Waals surface area contributed by atoms with Gasteiger partial charge in [0.2, 0.25) is 9.84 Å². The lowest BCUT2D eigenvalue weighted by molar-refractivity contribution is 0.595. The molecule has 5 heteroatoms. The first-order chi connectivity index (χ1) is 11.9. The minimum absolute atomic E-state index is 0.366. The van der Waals surface area contributed by atoms with Gasteiger partial charge in [-0.15, -0.1) is 0 Å². The molecule has 0 amide bonds. The normalized spacial score (nSPS) is 11.7. The number of aryl methyl sites for hydroxylation is 2. The van der Waals surface area contributed by atoms with Crippen LogP contribution in [0, 0.1) is 0 Å². The molecule has 2 aromatic rings. The van der Waals surface area contributed by atoms with E-state index in [0.717, 1.165) is 58.6 Å². The highest BCUT2D eigenvalue weighted by Crippen LogP contribution is 2.29. The number of sulfone groups is 1. The molecular weight excluding hydrogens is 464 g/mol. The zero-order valence-electron chi connectivity index (χ0n) is 14.7. The van der Waals surface area contributed by atoms with E-state index in [1.54, 1.807) is 12.1 Å². The predicted molar refractivity (Wildman–Crippen MR) is 111 cm³/mol. The maximum absolute atomic E-state index is 13.1. The Balaban J connectivity index is 2.41. The van der Waals surface area contributed by atoms with Crippen molar-refractivity contribution in [3.05, 3.63) is 56.5 Å². The van der Waals surface area contributed by atoms with Gasteiger partial charge in [0.15, 0.2) is 0 Å². The monoisotopic (exact) mass is 486 g/mol. The van der Waals surface area contributed by atoms with Crippen LogP contribution in [0.1, 0.15) is 50.7 Å². The molecule has 0 bridgehead atoms. The lowest BCUT2D eigenvalue weighted by atomic mass is 10.1. The Morgan fingerprint density at radius 1 is 0.760 bits per heavy atom. The Bertz CT molecular complexity index is 766. The maximum atomic E-state index is 13.1. The zero-order valence-corrected chi connectivity index (χ0v) is 18.7. The van der Waals surface area contributed by atoms with Crippen molar-refractivity contribution in [2.75, 3.05) is 0 Å². The molecule has 0 heterocycles. The van der Waals surface area contributed by atoms with Gasteiger partial charge in [0.05, 0.1) is 9.79 Å². The second kappa shape index (κ2) is 9.33. The van der Waals surface area contributed by atoms with Gasteiger partial charge in [-0.1, -0.05) is 58.5 Å². The summed E-state index contributed by atoms with van der Waals surface area (Å²) in [5.74, 6) is 0. The van der Waals surface area contributed by atoms with Gasteiger partial charge in [-0.3, -0.25) is 0 Å². The highest BCUT2D eigenvalue weighted by atomic mass is 79.9. The Morgan fingerprint density at radius 3 is 1.52 bits per heavy atom. The first-order valence-corrected chi connectivity index (χ1v) is 11.8. The van der Waals surface area contributed by atoms with Gasteiger partial charge in [-0.2, -0.15) is 0 Å². The van der Waals surface area contributed by atoms with Gasteiger partial charge >= 0.3 is 0 Å². The van der Waals surface area contributed by atoms with E-state index in [2.05, 4.69) is 45.7 Å². The van der Waals surface area contributed by atoms with Crippen molar-refractivity contribution in [2.24, 2.45) is 0 Å². The zero-order chi connectivity index (χ0) is 18.4. The first kappa shape index (κ1) is 20.7. The van der Waals surface area contributed by atoms with E-state index >= 15 is 0 Å². The van der Waals surface area contributed by atoms with Crippen LogP contribution in [0.15, 0.2) is 55.1 Å². The topological polar surface area (TPSA) is 34.1 Å². The molecule has 0 saturated carbocycles. The molecule has 136 valence electrons. The molecule has 2 nitrogen and oxygen atoms in total. The van der Waals surface area contributed by atoms with Crippen LogP contribution < -0.4 is 0 Å². The quantitative estimate of drug-likeness (QED) is 0.413. The average Bonchev–Trinajstić information content (AvgIpc) is 2.60. The van der Waals surface area contributed by atoms with Crippen LogP contribution in [0.2, 0.25) is 0 Å². The molecule has 0 N–H and O–H groups in total. The molecule has 0 saturated heterocycles. The van der Waals surface area contributed by atoms with Gasteiger partial charge in [-0.25, -0.2) is 8.42 Å². The van der Waals surface area contributed by atoms with Crippen molar-refractivity contribution >= 4 is 41.7 Å². The lowest BCUT2D eigenvalue weighted by Gasteiger charge is -2.11. The molecule has 0 aliphatic carbocycles. The molecule has 0 aliphatic heterocycles. The number of hydrogen-bond acceptors (Lipinski definition) is 2. The number of halogens is 2.